The van der Waals surface area contributed by atoms with Gasteiger partial charge in [-0.2, -0.15) is 0 Å². The molecule has 0 saturated heterocycles. The van der Waals surface area contributed by atoms with Crippen LogP contribution in [0.3, 0.4) is 0 Å². The van der Waals surface area contributed by atoms with Crippen LogP contribution in [-0.4, -0.2) is 26.4 Å². The van der Waals surface area contributed by atoms with E-state index in [-0.39, 0.29) is 11.5 Å². The minimum atomic E-state index is -4.77. The molecule has 0 fully saturated rings. The number of nitrogens with one attached hydrogen (secondary N) is 1. The molecular weight excluding hydrogens is 351 g/mol. The van der Waals surface area contributed by atoms with Crippen molar-refractivity contribution in [1.29, 1.82) is 0 Å². The Kier molecular flexibility index (Phi) is 6.11. The fourth-order valence-corrected chi connectivity index (χ4v) is 2.08. The van der Waals surface area contributed by atoms with Gasteiger partial charge < -0.3 is 19.5 Å². The monoisotopic (exact) mass is 367 g/mol. The van der Waals surface area contributed by atoms with Gasteiger partial charge in [-0.15, -0.1) is 13.2 Å². The zero-order chi connectivity index (χ0) is 19.2. The van der Waals surface area contributed by atoms with Crippen LogP contribution in [-0.2, 0) is 0 Å². The molecular formula is C18H16F3NO4. The number of halogens is 3. The third-order valence-electron chi connectivity index (χ3n) is 3.22. The number of allylic oxidation sites excluding steroid dienone is 1. The molecule has 0 atom stereocenters. The Morgan fingerprint density at radius 3 is 2.42 bits per heavy atom. The quantitative estimate of drug-likeness (QED) is 0.580. The number of ether oxygens (including phenoxy) is 3. The largest absolute Gasteiger partial charge is 0.573 e. The van der Waals surface area contributed by atoms with Crippen LogP contribution in [0, 0.1) is 0 Å². The Balaban J connectivity index is 2.04. The van der Waals surface area contributed by atoms with Gasteiger partial charge in [-0.1, -0.05) is 6.07 Å². The van der Waals surface area contributed by atoms with Crippen LogP contribution in [0.5, 0.6) is 17.2 Å². The van der Waals surface area contributed by atoms with E-state index in [0.717, 1.165) is 0 Å². The zero-order valence-corrected chi connectivity index (χ0v) is 14.0. The van der Waals surface area contributed by atoms with Crippen molar-refractivity contribution in [2.24, 2.45) is 0 Å². The van der Waals surface area contributed by atoms with Crippen molar-refractivity contribution in [2.45, 2.75) is 6.36 Å². The minimum absolute atomic E-state index is 0.318. The number of methoxy groups -OCH3 is 2. The maximum Gasteiger partial charge on any atom is 0.573 e. The topological polar surface area (TPSA) is 56.8 Å². The third-order valence-corrected chi connectivity index (χ3v) is 3.22. The number of carbonyl (C=O) groups excluding carboxylic acids is 1. The SMILES string of the molecule is COc1ccc(C(=O)/C=C/Nc2cccc(OC(F)(F)F)c2)cc1OC. The average Bonchev–Trinajstić information content (AvgIpc) is 2.59. The van der Waals surface area contributed by atoms with E-state index in [9.17, 15) is 18.0 Å². The molecule has 0 spiro atoms. The van der Waals surface area contributed by atoms with Crippen molar-refractivity contribution in [3.8, 4) is 17.2 Å². The first kappa shape index (κ1) is 19.2. The van der Waals surface area contributed by atoms with E-state index in [0.29, 0.717) is 22.7 Å². The summed E-state index contributed by atoms with van der Waals surface area (Å²) in [6.07, 6.45) is -2.19. The van der Waals surface area contributed by atoms with Crippen LogP contribution in [0.15, 0.2) is 54.7 Å². The van der Waals surface area contributed by atoms with Gasteiger partial charge in [-0.3, -0.25) is 4.79 Å². The van der Waals surface area contributed by atoms with Gasteiger partial charge in [0.25, 0.3) is 0 Å². The Morgan fingerprint density at radius 2 is 1.77 bits per heavy atom. The first-order chi connectivity index (χ1) is 12.3. The number of rotatable bonds is 7. The molecule has 0 heterocycles. The first-order valence-electron chi connectivity index (χ1n) is 7.37. The average molecular weight is 367 g/mol. The van der Waals surface area contributed by atoms with Gasteiger partial charge in [0.1, 0.15) is 5.75 Å². The summed E-state index contributed by atoms with van der Waals surface area (Å²) in [6.45, 7) is 0. The second-order valence-electron chi connectivity index (χ2n) is 4.99. The van der Waals surface area contributed by atoms with E-state index in [1.54, 1.807) is 12.1 Å². The Labute approximate surface area is 148 Å². The van der Waals surface area contributed by atoms with Gasteiger partial charge in [0, 0.05) is 29.6 Å². The number of alkyl halides is 3. The van der Waals surface area contributed by atoms with Crippen molar-refractivity contribution >= 4 is 11.5 Å². The lowest BCUT2D eigenvalue weighted by molar-refractivity contribution is -0.274. The molecule has 0 bridgehead atoms. The molecule has 0 saturated carbocycles. The lowest BCUT2D eigenvalue weighted by Crippen LogP contribution is -2.17. The van der Waals surface area contributed by atoms with E-state index in [4.69, 9.17) is 9.47 Å². The van der Waals surface area contributed by atoms with E-state index < -0.39 is 6.36 Å². The maximum absolute atomic E-state index is 12.2. The summed E-state index contributed by atoms with van der Waals surface area (Å²) in [6, 6.07) is 9.98. The maximum atomic E-state index is 12.2. The standard InChI is InChI=1S/C18H16F3NO4/c1-24-16-7-6-12(10-17(16)25-2)15(23)8-9-22-13-4-3-5-14(11-13)26-18(19,20)21/h3-11,22H,1-2H3/b9-8+. The highest BCUT2D eigenvalue weighted by atomic mass is 19.4. The molecule has 1 N–H and O–H groups in total. The number of hydrogen-bond acceptors (Lipinski definition) is 5. The first-order valence-corrected chi connectivity index (χ1v) is 7.37. The smallest absolute Gasteiger partial charge is 0.493 e. The molecule has 0 aromatic heterocycles. The molecule has 2 rings (SSSR count). The number of hydrogen-bond donors (Lipinski definition) is 1. The number of ketones is 1. The predicted molar refractivity (Wildman–Crippen MR) is 89.8 cm³/mol. The minimum Gasteiger partial charge on any atom is -0.493 e. The molecule has 0 aliphatic heterocycles. The molecule has 2 aromatic rings. The number of benzene rings is 2. The van der Waals surface area contributed by atoms with E-state index in [1.807, 2.05) is 0 Å². The number of anilines is 1. The fourth-order valence-electron chi connectivity index (χ4n) is 2.08. The lowest BCUT2D eigenvalue weighted by Gasteiger charge is -2.10. The van der Waals surface area contributed by atoms with Crippen LogP contribution in [0.1, 0.15) is 10.4 Å². The Bertz CT molecular complexity index is 803. The summed E-state index contributed by atoms with van der Waals surface area (Å²) in [5, 5.41) is 2.72. The van der Waals surface area contributed by atoms with E-state index >= 15 is 0 Å². The second-order valence-corrected chi connectivity index (χ2v) is 4.99. The van der Waals surface area contributed by atoms with E-state index in [1.165, 1.54) is 56.8 Å². The normalized spacial score (nSPS) is 11.3. The van der Waals surface area contributed by atoms with Gasteiger partial charge in [-0.25, -0.2) is 0 Å². The summed E-state index contributed by atoms with van der Waals surface area (Å²) in [7, 11) is 2.94. The molecule has 8 heteroatoms. The van der Waals surface area contributed by atoms with Crippen molar-refractivity contribution in [1.82, 2.24) is 0 Å². The van der Waals surface area contributed by atoms with Crippen molar-refractivity contribution < 1.29 is 32.2 Å². The van der Waals surface area contributed by atoms with Gasteiger partial charge in [-0.05, 0) is 30.3 Å². The molecule has 5 nitrogen and oxygen atoms in total. The molecule has 26 heavy (non-hydrogen) atoms. The molecule has 0 aliphatic rings. The van der Waals surface area contributed by atoms with Gasteiger partial charge in [0.15, 0.2) is 17.3 Å². The molecule has 0 radical (unpaired) electrons. The summed E-state index contributed by atoms with van der Waals surface area (Å²) < 4.78 is 50.7. The lowest BCUT2D eigenvalue weighted by atomic mass is 10.1. The second kappa shape index (κ2) is 8.28. The van der Waals surface area contributed by atoms with Crippen molar-refractivity contribution in [2.75, 3.05) is 19.5 Å². The fraction of sp³-hybridized carbons (Fsp3) is 0.167. The summed E-state index contributed by atoms with van der Waals surface area (Å²) in [4.78, 5) is 12.2. The highest BCUT2D eigenvalue weighted by Gasteiger charge is 2.31. The van der Waals surface area contributed by atoms with Gasteiger partial charge in [0.2, 0.25) is 0 Å². The Hall–Kier alpha value is -3.16. The van der Waals surface area contributed by atoms with E-state index in [2.05, 4.69) is 10.1 Å². The van der Waals surface area contributed by atoms with Crippen molar-refractivity contribution in [3.05, 3.63) is 60.3 Å². The summed E-state index contributed by atoms with van der Waals surface area (Å²) >= 11 is 0. The van der Waals surface area contributed by atoms with Crippen molar-refractivity contribution in [3.63, 3.8) is 0 Å². The predicted octanol–water partition coefficient (Wildman–Crippen LogP) is 4.41. The van der Waals surface area contributed by atoms with Crippen LogP contribution in [0.4, 0.5) is 18.9 Å². The van der Waals surface area contributed by atoms with Gasteiger partial charge >= 0.3 is 6.36 Å². The molecule has 0 unspecified atom stereocenters. The molecule has 0 aliphatic carbocycles. The zero-order valence-electron chi connectivity index (χ0n) is 14.0. The molecule has 138 valence electrons. The molecule has 0 amide bonds. The number of carbonyl (C=O) groups is 1. The molecule has 2 aromatic carbocycles. The third kappa shape index (κ3) is 5.44. The van der Waals surface area contributed by atoms with Crippen LogP contribution < -0.4 is 19.5 Å². The highest BCUT2D eigenvalue weighted by Crippen LogP contribution is 2.28. The van der Waals surface area contributed by atoms with Crippen LogP contribution in [0.25, 0.3) is 0 Å². The van der Waals surface area contributed by atoms with Gasteiger partial charge in [0.05, 0.1) is 14.2 Å². The summed E-state index contributed by atoms with van der Waals surface area (Å²) in [5.74, 6) is 0.229. The Morgan fingerprint density at radius 1 is 1.04 bits per heavy atom. The van der Waals surface area contributed by atoms with Crippen LogP contribution >= 0.6 is 0 Å². The highest BCUT2D eigenvalue weighted by molar-refractivity contribution is 6.05. The van der Waals surface area contributed by atoms with Crippen LogP contribution in [0.2, 0.25) is 0 Å². The summed E-state index contributed by atoms with van der Waals surface area (Å²) in [5.41, 5.74) is 0.706.